The summed E-state index contributed by atoms with van der Waals surface area (Å²) in [7, 11) is 0. The van der Waals surface area contributed by atoms with Crippen molar-refractivity contribution in [1.82, 2.24) is 4.90 Å². The SMILES string of the molecule is CCCOc1ccc(/C=C/C(=O)N(CCC(=O)OCC)CC(C)C)cc1. The lowest BCUT2D eigenvalue weighted by atomic mass is 10.1. The van der Waals surface area contributed by atoms with Crippen molar-refractivity contribution in [2.75, 3.05) is 26.3 Å². The first-order valence-corrected chi connectivity index (χ1v) is 9.31. The van der Waals surface area contributed by atoms with Gasteiger partial charge in [-0.3, -0.25) is 9.59 Å². The van der Waals surface area contributed by atoms with Crippen LogP contribution in [0.1, 0.15) is 46.1 Å². The average molecular weight is 361 g/mol. The number of rotatable bonds is 11. The largest absolute Gasteiger partial charge is 0.494 e. The summed E-state index contributed by atoms with van der Waals surface area (Å²) in [6.07, 6.45) is 4.51. The van der Waals surface area contributed by atoms with Gasteiger partial charge in [-0.25, -0.2) is 0 Å². The summed E-state index contributed by atoms with van der Waals surface area (Å²) in [4.78, 5) is 25.7. The number of nitrogens with zero attached hydrogens (tertiary/aromatic N) is 1. The second-order valence-corrected chi connectivity index (χ2v) is 6.48. The normalized spacial score (nSPS) is 11.0. The fourth-order valence-corrected chi connectivity index (χ4v) is 2.36. The Morgan fingerprint density at radius 1 is 1.15 bits per heavy atom. The Kier molecular flexibility index (Phi) is 10.1. The van der Waals surface area contributed by atoms with Crippen molar-refractivity contribution in [3.63, 3.8) is 0 Å². The molecule has 0 radical (unpaired) electrons. The van der Waals surface area contributed by atoms with Crippen LogP contribution < -0.4 is 4.74 Å². The lowest BCUT2D eigenvalue weighted by Crippen LogP contribution is -2.35. The molecule has 0 atom stereocenters. The van der Waals surface area contributed by atoms with Crippen molar-refractivity contribution in [2.45, 2.75) is 40.5 Å². The Balaban J connectivity index is 2.65. The van der Waals surface area contributed by atoms with E-state index in [1.54, 1.807) is 24.0 Å². The van der Waals surface area contributed by atoms with Gasteiger partial charge in [0.2, 0.25) is 5.91 Å². The molecule has 0 spiro atoms. The van der Waals surface area contributed by atoms with Crippen molar-refractivity contribution < 1.29 is 19.1 Å². The van der Waals surface area contributed by atoms with Crippen LogP contribution in [0.25, 0.3) is 6.08 Å². The van der Waals surface area contributed by atoms with E-state index >= 15 is 0 Å². The maximum absolute atomic E-state index is 12.5. The Labute approximate surface area is 157 Å². The summed E-state index contributed by atoms with van der Waals surface area (Å²) in [6, 6.07) is 7.62. The van der Waals surface area contributed by atoms with E-state index in [0.717, 1.165) is 17.7 Å². The molecule has 0 aliphatic rings. The van der Waals surface area contributed by atoms with Crippen LogP contribution in [-0.4, -0.2) is 43.1 Å². The van der Waals surface area contributed by atoms with Crippen LogP contribution in [0, 0.1) is 5.92 Å². The second kappa shape index (κ2) is 12.1. The Hall–Kier alpha value is -2.30. The molecule has 0 aliphatic carbocycles. The molecule has 1 amide bonds. The van der Waals surface area contributed by atoms with Crippen LogP contribution in [0.3, 0.4) is 0 Å². The Morgan fingerprint density at radius 2 is 1.85 bits per heavy atom. The molecule has 5 heteroatoms. The number of hydrogen-bond donors (Lipinski definition) is 0. The Bertz CT molecular complexity index is 578. The third-order valence-electron chi connectivity index (χ3n) is 3.56. The molecule has 0 heterocycles. The lowest BCUT2D eigenvalue weighted by Gasteiger charge is -2.22. The van der Waals surface area contributed by atoms with E-state index in [9.17, 15) is 9.59 Å². The summed E-state index contributed by atoms with van der Waals surface area (Å²) in [6.45, 7) is 9.94. The van der Waals surface area contributed by atoms with Crippen molar-refractivity contribution >= 4 is 18.0 Å². The summed E-state index contributed by atoms with van der Waals surface area (Å²) >= 11 is 0. The van der Waals surface area contributed by atoms with Crippen molar-refractivity contribution in [1.29, 1.82) is 0 Å². The number of carbonyl (C=O) groups excluding carboxylic acids is 2. The first-order chi connectivity index (χ1) is 12.5. The van der Waals surface area contributed by atoms with Crippen LogP contribution in [-0.2, 0) is 14.3 Å². The van der Waals surface area contributed by atoms with E-state index in [-0.39, 0.29) is 18.3 Å². The summed E-state index contributed by atoms with van der Waals surface area (Å²) < 4.78 is 10.5. The number of hydrogen-bond acceptors (Lipinski definition) is 4. The second-order valence-electron chi connectivity index (χ2n) is 6.48. The van der Waals surface area contributed by atoms with Gasteiger partial charge in [-0.05, 0) is 43.0 Å². The van der Waals surface area contributed by atoms with E-state index in [1.165, 1.54) is 0 Å². The number of benzene rings is 1. The monoisotopic (exact) mass is 361 g/mol. The van der Waals surface area contributed by atoms with Crippen LogP contribution >= 0.6 is 0 Å². The molecule has 0 N–H and O–H groups in total. The molecule has 26 heavy (non-hydrogen) atoms. The van der Waals surface area contributed by atoms with Gasteiger partial charge in [-0.1, -0.05) is 32.9 Å². The molecule has 1 rings (SSSR count). The molecule has 0 unspecified atom stereocenters. The highest BCUT2D eigenvalue weighted by molar-refractivity contribution is 5.92. The predicted molar refractivity (Wildman–Crippen MR) is 104 cm³/mol. The maximum Gasteiger partial charge on any atom is 0.307 e. The third-order valence-corrected chi connectivity index (χ3v) is 3.56. The van der Waals surface area contributed by atoms with Gasteiger partial charge in [0.05, 0.1) is 19.6 Å². The van der Waals surface area contributed by atoms with Gasteiger partial charge in [-0.2, -0.15) is 0 Å². The number of ether oxygens (including phenoxy) is 2. The van der Waals surface area contributed by atoms with Gasteiger partial charge in [0, 0.05) is 19.2 Å². The first kappa shape index (κ1) is 21.7. The zero-order valence-corrected chi connectivity index (χ0v) is 16.4. The molecule has 0 aliphatic heterocycles. The molecule has 144 valence electrons. The minimum Gasteiger partial charge on any atom is -0.494 e. The summed E-state index contributed by atoms with van der Waals surface area (Å²) in [5.41, 5.74) is 0.928. The lowest BCUT2D eigenvalue weighted by molar-refractivity contribution is -0.143. The molecule has 0 aromatic heterocycles. The van der Waals surface area contributed by atoms with E-state index in [0.29, 0.717) is 32.2 Å². The molecule has 0 fully saturated rings. The van der Waals surface area contributed by atoms with E-state index in [4.69, 9.17) is 9.47 Å². The predicted octanol–water partition coefficient (Wildman–Crippen LogP) is 3.93. The topological polar surface area (TPSA) is 55.8 Å². The van der Waals surface area contributed by atoms with Crippen molar-refractivity contribution in [2.24, 2.45) is 5.92 Å². The van der Waals surface area contributed by atoms with Crippen LogP contribution in [0.5, 0.6) is 5.75 Å². The van der Waals surface area contributed by atoms with Crippen LogP contribution in [0.15, 0.2) is 30.3 Å². The number of amides is 1. The Morgan fingerprint density at radius 3 is 2.42 bits per heavy atom. The minimum absolute atomic E-state index is 0.102. The summed E-state index contributed by atoms with van der Waals surface area (Å²) in [5, 5.41) is 0. The van der Waals surface area contributed by atoms with Gasteiger partial charge in [0.1, 0.15) is 5.75 Å². The van der Waals surface area contributed by atoms with Gasteiger partial charge in [-0.15, -0.1) is 0 Å². The first-order valence-electron chi connectivity index (χ1n) is 9.31. The van der Waals surface area contributed by atoms with Gasteiger partial charge in [0.25, 0.3) is 0 Å². The van der Waals surface area contributed by atoms with Crippen LogP contribution in [0.4, 0.5) is 0 Å². The minimum atomic E-state index is -0.277. The highest BCUT2D eigenvalue weighted by atomic mass is 16.5. The number of esters is 1. The molecule has 0 saturated carbocycles. The quantitative estimate of drug-likeness (QED) is 0.443. The molecular formula is C21H31NO4. The molecular weight excluding hydrogens is 330 g/mol. The fraction of sp³-hybridized carbons (Fsp3) is 0.524. The average Bonchev–Trinajstić information content (AvgIpc) is 2.62. The zero-order chi connectivity index (χ0) is 19.4. The summed E-state index contributed by atoms with van der Waals surface area (Å²) in [5.74, 6) is 0.769. The van der Waals surface area contributed by atoms with Crippen LogP contribution in [0.2, 0.25) is 0 Å². The molecule has 1 aromatic rings. The maximum atomic E-state index is 12.5. The van der Waals surface area contributed by atoms with Gasteiger partial charge < -0.3 is 14.4 Å². The highest BCUT2D eigenvalue weighted by Gasteiger charge is 2.14. The molecule has 0 saturated heterocycles. The molecule has 0 bridgehead atoms. The van der Waals surface area contributed by atoms with E-state index in [2.05, 4.69) is 6.92 Å². The smallest absolute Gasteiger partial charge is 0.307 e. The highest BCUT2D eigenvalue weighted by Crippen LogP contribution is 2.14. The number of carbonyl (C=O) groups is 2. The molecule has 5 nitrogen and oxygen atoms in total. The standard InChI is InChI=1S/C21H31NO4/c1-5-15-26-19-10-7-18(8-11-19)9-12-20(23)22(16-17(3)4)14-13-21(24)25-6-2/h7-12,17H,5-6,13-16H2,1-4H3/b12-9+. The van der Waals surface area contributed by atoms with Gasteiger partial charge >= 0.3 is 5.97 Å². The third kappa shape index (κ3) is 8.70. The van der Waals surface area contributed by atoms with Crippen molar-refractivity contribution in [3.8, 4) is 5.75 Å². The molecule has 1 aromatic carbocycles. The zero-order valence-electron chi connectivity index (χ0n) is 16.4. The van der Waals surface area contributed by atoms with Gasteiger partial charge in [0.15, 0.2) is 0 Å². The van der Waals surface area contributed by atoms with E-state index < -0.39 is 0 Å². The fourth-order valence-electron chi connectivity index (χ4n) is 2.36. The van der Waals surface area contributed by atoms with E-state index in [1.807, 2.05) is 38.1 Å². The van der Waals surface area contributed by atoms with Crippen molar-refractivity contribution in [3.05, 3.63) is 35.9 Å².